The summed E-state index contributed by atoms with van der Waals surface area (Å²) < 4.78 is 33.9. The highest BCUT2D eigenvalue weighted by Gasteiger charge is 2.34. The smallest absolute Gasteiger partial charge is 0.366 e. The van der Waals surface area contributed by atoms with Gasteiger partial charge in [-0.25, -0.2) is 4.72 Å². The third-order valence-corrected chi connectivity index (χ3v) is 7.14. The first kappa shape index (κ1) is 24.3. The van der Waals surface area contributed by atoms with Crippen LogP contribution in [0.3, 0.4) is 0 Å². The number of rotatable bonds is 8. The molecule has 1 aliphatic rings. The molecule has 174 valence electrons. The Kier molecular flexibility index (Phi) is 7.99. The van der Waals surface area contributed by atoms with Gasteiger partial charge in [0.05, 0.1) is 5.92 Å². The zero-order chi connectivity index (χ0) is 23.3. The molecule has 1 amide bonds. The van der Waals surface area contributed by atoms with Gasteiger partial charge in [0.1, 0.15) is 0 Å². The van der Waals surface area contributed by atoms with Crippen LogP contribution in [0.25, 0.3) is 0 Å². The fraction of sp³-hybridized carbons (Fsp3) is 0.500. The fourth-order valence-electron chi connectivity index (χ4n) is 4.66. The highest BCUT2D eigenvalue weighted by molar-refractivity contribution is 7.85. The van der Waals surface area contributed by atoms with E-state index < -0.39 is 22.1 Å². The van der Waals surface area contributed by atoms with Crippen molar-refractivity contribution in [2.24, 2.45) is 5.92 Å². The molecule has 1 unspecified atom stereocenters. The first-order valence-corrected chi connectivity index (χ1v) is 13.0. The molecule has 0 radical (unpaired) electrons. The Morgan fingerprint density at radius 1 is 0.875 bits per heavy atom. The molecule has 0 aliphatic heterocycles. The monoisotopic (exact) mass is 457 g/mol. The molecule has 1 aliphatic carbocycles. The summed E-state index contributed by atoms with van der Waals surface area (Å²) in [6, 6.07) is 15.1. The van der Waals surface area contributed by atoms with E-state index in [0.717, 1.165) is 48.8 Å². The second-order valence-electron chi connectivity index (χ2n) is 9.37. The van der Waals surface area contributed by atoms with Gasteiger partial charge >= 0.3 is 10.3 Å². The summed E-state index contributed by atoms with van der Waals surface area (Å²) >= 11 is 0. The molecule has 3 rings (SSSR count). The molecule has 1 fully saturated rings. The Labute approximate surface area is 192 Å². The summed E-state index contributed by atoms with van der Waals surface area (Å²) in [7, 11) is -4.34. The van der Waals surface area contributed by atoms with E-state index >= 15 is 0 Å². The van der Waals surface area contributed by atoms with Crippen molar-refractivity contribution in [3.05, 3.63) is 65.2 Å². The van der Waals surface area contributed by atoms with Crippen LogP contribution in [0, 0.1) is 5.92 Å². The molecule has 32 heavy (non-hydrogen) atoms. The summed E-state index contributed by atoms with van der Waals surface area (Å²) in [6.07, 6.45) is 5.11. The predicted molar refractivity (Wildman–Crippen MR) is 128 cm³/mol. The Morgan fingerprint density at radius 3 is 1.97 bits per heavy atom. The van der Waals surface area contributed by atoms with Crippen molar-refractivity contribution >= 4 is 16.2 Å². The maximum Gasteiger partial charge on any atom is 0.409 e. The molecule has 2 aromatic rings. The van der Waals surface area contributed by atoms with E-state index in [2.05, 4.69) is 4.72 Å². The van der Waals surface area contributed by atoms with Crippen LogP contribution in [0.15, 0.2) is 48.5 Å². The first-order chi connectivity index (χ1) is 15.2. The molecule has 2 aromatic carbocycles. The topological polar surface area (TPSA) is 72.5 Å². The van der Waals surface area contributed by atoms with Crippen LogP contribution in [-0.4, -0.2) is 14.3 Å². The third-order valence-electron chi connectivity index (χ3n) is 6.30. The van der Waals surface area contributed by atoms with Crippen LogP contribution in [0.1, 0.15) is 94.2 Å². The quantitative estimate of drug-likeness (QED) is 0.525. The minimum absolute atomic E-state index is 0.0777. The minimum atomic E-state index is -4.34. The number of carbonyl (C=O) groups excluding carboxylic acids is 1. The number of nitrogens with one attached hydrogen (secondary N) is 1. The average Bonchev–Trinajstić information content (AvgIpc) is 2.74. The van der Waals surface area contributed by atoms with Crippen molar-refractivity contribution in [2.75, 3.05) is 0 Å². The van der Waals surface area contributed by atoms with Gasteiger partial charge in [0, 0.05) is 0 Å². The van der Waals surface area contributed by atoms with Gasteiger partial charge in [-0.3, -0.25) is 4.79 Å². The molecule has 0 saturated heterocycles. The van der Waals surface area contributed by atoms with Gasteiger partial charge in [-0.15, -0.1) is 0 Å². The lowest BCUT2D eigenvalue weighted by Crippen LogP contribution is -2.40. The van der Waals surface area contributed by atoms with Crippen molar-refractivity contribution < 1.29 is 17.4 Å². The lowest BCUT2D eigenvalue weighted by molar-refractivity contribution is -0.122. The van der Waals surface area contributed by atoms with Gasteiger partial charge in [0.25, 0.3) is 0 Å². The standard InChI is InChI=1S/C26H35NO4S/c1-18(2)22-16-11-17-23(19(3)4)25(22)31-32(29,30)27-26(28)24(20-12-7-5-8-13-20)21-14-9-6-10-15-21/h5,7-8,11-13,16-19,21,24H,6,9-10,14-15H2,1-4H3,(H,27,28). The Hall–Kier alpha value is -2.34. The van der Waals surface area contributed by atoms with E-state index in [-0.39, 0.29) is 17.8 Å². The number of amides is 1. The lowest BCUT2D eigenvalue weighted by Gasteiger charge is -2.29. The van der Waals surface area contributed by atoms with Crippen molar-refractivity contribution in [1.29, 1.82) is 0 Å². The van der Waals surface area contributed by atoms with Crippen molar-refractivity contribution in [3.8, 4) is 5.75 Å². The Morgan fingerprint density at radius 2 is 1.44 bits per heavy atom. The van der Waals surface area contributed by atoms with Crippen molar-refractivity contribution in [2.45, 2.75) is 77.6 Å². The second kappa shape index (κ2) is 10.5. The summed E-state index contributed by atoms with van der Waals surface area (Å²) in [5.41, 5.74) is 2.46. The molecule has 0 aromatic heterocycles. The van der Waals surface area contributed by atoms with Crippen molar-refractivity contribution in [3.63, 3.8) is 0 Å². The van der Waals surface area contributed by atoms with Crippen LogP contribution >= 0.6 is 0 Å². The van der Waals surface area contributed by atoms with Gasteiger partial charge in [-0.05, 0) is 47.3 Å². The molecular weight excluding hydrogens is 422 g/mol. The number of benzene rings is 2. The molecule has 5 nitrogen and oxygen atoms in total. The highest BCUT2D eigenvalue weighted by Crippen LogP contribution is 2.37. The fourth-order valence-corrected chi connectivity index (χ4v) is 5.49. The number of carbonyl (C=O) groups is 1. The molecule has 1 N–H and O–H groups in total. The van der Waals surface area contributed by atoms with E-state index in [9.17, 15) is 13.2 Å². The van der Waals surface area contributed by atoms with Crippen LogP contribution in [0.5, 0.6) is 5.75 Å². The largest absolute Gasteiger partial charge is 0.409 e. The minimum Gasteiger partial charge on any atom is -0.366 e. The number of hydrogen-bond acceptors (Lipinski definition) is 4. The van der Waals surface area contributed by atoms with E-state index in [0.29, 0.717) is 5.75 Å². The third kappa shape index (κ3) is 5.91. The number of hydrogen-bond donors (Lipinski definition) is 1. The molecule has 1 atom stereocenters. The number of para-hydroxylation sites is 1. The highest BCUT2D eigenvalue weighted by atomic mass is 32.2. The average molecular weight is 458 g/mol. The molecular formula is C26H35NO4S. The van der Waals surface area contributed by atoms with Crippen molar-refractivity contribution in [1.82, 2.24) is 4.72 Å². The molecule has 0 heterocycles. The zero-order valence-electron chi connectivity index (χ0n) is 19.5. The van der Waals surface area contributed by atoms with E-state index in [1.807, 2.05) is 76.2 Å². The SMILES string of the molecule is CC(C)c1cccc(C(C)C)c1OS(=O)(=O)NC(=O)C(c1ccccc1)C1CCCCC1. The normalized spacial score (nSPS) is 16.2. The lowest BCUT2D eigenvalue weighted by atomic mass is 9.76. The summed E-state index contributed by atoms with van der Waals surface area (Å²) in [5, 5.41) is 0. The summed E-state index contributed by atoms with van der Waals surface area (Å²) in [6.45, 7) is 7.97. The maximum atomic E-state index is 13.3. The van der Waals surface area contributed by atoms with Gasteiger partial charge in [0.2, 0.25) is 5.91 Å². The molecule has 1 saturated carbocycles. The van der Waals surface area contributed by atoms with E-state index in [1.165, 1.54) is 0 Å². The maximum absolute atomic E-state index is 13.3. The van der Waals surface area contributed by atoms with Crippen LogP contribution in [-0.2, 0) is 15.1 Å². The Balaban J connectivity index is 1.89. The summed E-state index contributed by atoms with van der Waals surface area (Å²) in [4.78, 5) is 13.3. The molecule has 6 heteroatoms. The first-order valence-electron chi connectivity index (χ1n) is 11.6. The van der Waals surface area contributed by atoms with E-state index in [4.69, 9.17) is 4.18 Å². The van der Waals surface area contributed by atoms with Gasteiger partial charge in [-0.1, -0.05) is 95.5 Å². The summed E-state index contributed by atoms with van der Waals surface area (Å²) in [5.74, 6) is -0.430. The van der Waals surface area contributed by atoms with E-state index in [1.54, 1.807) is 0 Å². The molecule has 0 spiro atoms. The zero-order valence-corrected chi connectivity index (χ0v) is 20.3. The Bertz CT molecular complexity index is 983. The molecule has 0 bridgehead atoms. The van der Waals surface area contributed by atoms with Gasteiger partial charge in [-0.2, -0.15) is 8.42 Å². The van der Waals surface area contributed by atoms with Crippen LogP contribution < -0.4 is 8.91 Å². The van der Waals surface area contributed by atoms with Crippen LogP contribution in [0.4, 0.5) is 0 Å². The van der Waals surface area contributed by atoms with Gasteiger partial charge < -0.3 is 4.18 Å². The second-order valence-corrected chi connectivity index (χ2v) is 10.6. The van der Waals surface area contributed by atoms with Crippen LogP contribution in [0.2, 0.25) is 0 Å². The predicted octanol–water partition coefficient (Wildman–Crippen LogP) is 6.04. The van der Waals surface area contributed by atoms with Gasteiger partial charge in [0.15, 0.2) is 5.75 Å².